The van der Waals surface area contributed by atoms with Gasteiger partial charge in [0.25, 0.3) is 0 Å². The molecule has 0 saturated heterocycles. The van der Waals surface area contributed by atoms with Crippen LogP contribution >= 0.6 is 0 Å². The first-order chi connectivity index (χ1) is 7.84. The zero-order valence-electron chi connectivity index (χ0n) is 9.83. The molecule has 100 valence electrons. The Morgan fingerprint density at radius 2 is 2.06 bits per heavy atom. The summed E-state index contributed by atoms with van der Waals surface area (Å²) < 4.78 is 38.5. The average Bonchev–Trinajstić information content (AvgIpc) is 2.95. The third-order valence-electron chi connectivity index (χ3n) is 2.89. The van der Waals surface area contributed by atoms with Gasteiger partial charge in [0.15, 0.2) is 0 Å². The largest absolute Gasteiger partial charge is 0.481 e. The first kappa shape index (κ1) is 14.3. The number of alkyl halides is 3. The van der Waals surface area contributed by atoms with E-state index in [9.17, 15) is 18.0 Å². The fourth-order valence-electron chi connectivity index (χ4n) is 1.91. The number of hydrogen-bond acceptors (Lipinski definition) is 2. The third-order valence-corrected chi connectivity index (χ3v) is 2.89. The molecule has 0 aromatic heterocycles. The zero-order valence-corrected chi connectivity index (χ0v) is 9.83. The number of aliphatic carboxylic acids is 1. The molecule has 0 spiro atoms. The molecular formula is C11H18F3NO2. The number of carbonyl (C=O) groups is 1. The molecule has 1 fully saturated rings. The minimum Gasteiger partial charge on any atom is -0.481 e. The van der Waals surface area contributed by atoms with Crippen molar-refractivity contribution in [3.8, 4) is 0 Å². The molecule has 1 aliphatic rings. The summed E-state index contributed by atoms with van der Waals surface area (Å²) in [6.45, 7) is 2.47. The Hall–Kier alpha value is -0.780. The number of carboxylic acids is 1. The fourth-order valence-corrected chi connectivity index (χ4v) is 1.91. The van der Waals surface area contributed by atoms with Gasteiger partial charge in [0, 0.05) is 6.54 Å². The van der Waals surface area contributed by atoms with E-state index in [2.05, 4.69) is 0 Å². The third kappa shape index (κ3) is 4.93. The number of carboxylic acid groups (broad SMARTS) is 1. The Labute approximate surface area is 98.6 Å². The second-order valence-corrected chi connectivity index (χ2v) is 4.59. The average molecular weight is 253 g/mol. The molecule has 1 unspecified atom stereocenters. The van der Waals surface area contributed by atoms with Crippen molar-refractivity contribution in [1.82, 2.24) is 4.90 Å². The Bertz CT molecular complexity index is 264. The monoisotopic (exact) mass is 253 g/mol. The number of rotatable bonds is 7. The summed E-state index contributed by atoms with van der Waals surface area (Å²) in [5.41, 5.74) is 0. The first-order valence-electron chi connectivity index (χ1n) is 5.87. The minimum atomic E-state index is -4.47. The maximum atomic E-state index is 12.8. The summed E-state index contributed by atoms with van der Waals surface area (Å²) in [5.74, 6) is -1.08. The van der Waals surface area contributed by atoms with Gasteiger partial charge >= 0.3 is 12.1 Å². The number of halogens is 3. The molecule has 1 N–H and O–H groups in total. The molecule has 17 heavy (non-hydrogen) atoms. The predicted octanol–water partition coefficient (Wildman–Crippen LogP) is 2.51. The van der Waals surface area contributed by atoms with Gasteiger partial charge in [0.2, 0.25) is 0 Å². The summed E-state index contributed by atoms with van der Waals surface area (Å²) in [4.78, 5) is 11.8. The number of nitrogens with zero attached hydrogens (tertiary/aromatic N) is 1. The van der Waals surface area contributed by atoms with Crippen molar-refractivity contribution >= 4 is 5.97 Å². The van der Waals surface area contributed by atoms with E-state index in [0.29, 0.717) is 25.4 Å². The standard InChI is InChI=1S/C11H18F3NO2/c1-2-5-15(7-8-3-4-8)9(6-10(16)17)11(12,13)14/h8-9H,2-7H2,1H3,(H,16,17). The molecule has 1 aliphatic carbocycles. The minimum absolute atomic E-state index is 0.300. The highest BCUT2D eigenvalue weighted by molar-refractivity contribution is 5.67. The summed E-state index contributed by atoms with van der Waals surface area (Å²) in [6.07, 6.45) is -2.83. The molecule has 0 aliphatic heterocycles. The highest BCUT2D eigenvalue weighted by Crippen LogP contribution is 2.34. The van der Waals surface area contributed by atoms with E-state index in [1.54, 1.807) is 6.92 Å². The lowest BCUT2D eigenvalue weighted by atomic mass is 10.1. The molecule has 0 aromatic carbocycles. The van der Waals surface area contributed by atoms with E-state index in [4.69, 9.17) is 5.11 Å². The molecule has 0 bridgehead atoms. The normalized spacial score (nSPS) is 18.4. The molecule has 1 rings (SSSR count). The molecule has 0 amide bonds. The van der Waals surface area contributed by atoms with Crippen LogP contribution in [0.5, 0.6) is 0 Å². The van der Waals surface area contributed by atoms with Crippen LogP contribution in [-0.2, 0) is 4.79 Å². The van der Waals surface area contributed by atoms with E-state index in [-0.39, 0.29) is 0 Å². The van der Waals surface area contributed by atoms with E-state index in [1.165, 1.54) is 4.90 Å². The van der Waals surface area contributed by atoms with Crippen molar-refractivity contribution in [1.29, 1.82) is 0 Å². The molecule has 1 saturated carbocycles. The summed E-state index contributed by atoms with van der Waals surface area (Å²) in [5, 5.41) is 8.59. The highest BCUT2D eigenvalue weighted by Gasteiger charge is 2.45. The Morgan fingerprint density at radius 3 is 2.41 bits per heavy atom. The van der Waals surface area contributed by atoms with Gasteiger partial charge in [-0.25, -0.2) is 0 Å². The van der Waals surface area contributed by atoms with Crippen molar-refractivity contribution < 1.29 is 23.1 Å². The van der Waals surface area contributed by atoms with Gasteiger partial charge in [0.05, 0.1) is 6.42 Å². The zero-order chi connectivity index (χ0) is 13.1. The lowest BCUT2D eigenvalue weighted by Crippen LogP contribution is -2.48. The van der Waals surface area contributed by atoms with Crippen LogP contribution in [0.1, 0.15) is 32.6 Å². The van der Waals surface area contributed by atoms with Gasteiger partial charge in [-0.2, -0.15) is 13.2 Å². The Morgan fingerprint density at radius 1 is 1.47 bits per heavy atom. The summed E-state index contributed by atoms with van der Waals surface area (Å²) in [6, 6.07) is -1.85. The quantitative estimate of drug-likeness (QED) is 0.758. The van der Waals surface area contributed by atoms with Crippen LogP contribution in [-0.4, -0.2) is 41.3 Å². The molecule has 3 nitrogen and oxygen atoms in total. The van der Waals surface area contributed by atoms with Crippen LogP contribution < -0.4 is 0 Å². The first-order valence-corrected chi connectivity index (χ1v) is 5.87. The van der Waals surface area contributed by atoms with Crippen LogP contribution in [0.15, 0.2) is 0 Å². The Balaban J connectivity index is 2.70. The maximum Gasteiger partial charge on any atom is 0.404 e. The van der Waals surface area contributed by atoms with Gasteiger partial charge in [-0.1, -0.05) is 6.92 Å². The van der Waals surface area contributed by atoms with Crippen LogP contribution in [0.25, 0.3) is 0 Å². The Kier molecular flexibility index (Phi) is 4.80. The molecule has 0 aromatic rings. The van der Waals surface area contributed by atoms with E-state index < -0.39 is 24.6 Å². The van der Waals surface area contributed by atoms with Crippen molar-refractivity contribution in [3.63, 3.8) is 0 Å². The lowest BCUT2D eigenvalue weighted by Gasteiger charge is -2.32. The van der Waals surface area contributed by atoms with Crippen LogP contribution in [0.2, 0.25) is 0 Å². The van der Waals surface area contributed by atoms with Crippen molar-refractivity contribution in [3.05, 3.63) is 0 Å². The van der Waals surface area contributed by atoms with Crippen molar-refractivity contribution in [2.45, 2.75) is 44.8 Å². The van der Waals surface area contributed by atoms with Crippen LogP contribution in [0, 0.1) is 5.92 Å². The highest BCUT2D eigenvalue weighted by atomic mass is 19.4. The molecule has 6 heteroatoms. The van der Waals surface area contributed by atoms with Gasteiger partial charge in [-0.15, -0.1) is 0 Å². The molecule has 0 radical (unpaired) electrons. The lowest BCUT2D eigenvalue weighted by molar-refractivity contribution is -0.191. The predicted molar refractivity (Wildman–Crippen MR) is 56.7 cm³/mol. The molecule has 0 heterocycles. The molecule has 1 atom stereocenters. The topological polar surface area (TPSA) is 40.5 Å². The van der Waals surface area contributed by atoms with E-state index in [1.807, 2.05) is 0 Å². The smallest absolute Gasteiger partial charge is 0.404 e. The number of hydrogen-bond donors (Lipinski definition) is 1. The maximum absolute atomic E-state index is 12.8. The van der Waals surface area contributed by atoms with Crippen molar-refractivity contribution in [2.75, 3.05) is 13.1 Å². The second kappa shape index (κ2) is 5.71. The summed E-state index contributed by atoms with van der Waals surface area (Å²) >= 11 is 0. The fraction of sp³-hybridized carbons (Fsp3) is 0.909. The van der Waals surface area contributed by atoms with Gasteiger partial charge in [0.1, 0.15) is 6.04 Å². The van der Waals surface area contributed by atoms with Gasteiger partial charge in [-0.3, -0.25) is 9.69 Å². The SMILES string of the molecule is CCCN(CC1CC1)C(CC(=O)O)C(F)(F)F. The van der Waals surface area contributed by atoms with Gasteiger partial charge < -0.3 is 5.11 Å². The molecular weight excluding hydrogens is 235 g/mol. The van der Waals surface area contributed by atoms with Crippen LogP contribution in [0.3, 0.4) is 0 Å². The second-order valence-electron chi connectivity index (χ2n) is 4.59. The van der Waals surface area contributed by atoms with Crippen LogP contribution in [0.4, 0.5) is 13.2 Å². The van der Waals surface area contributed by atoms with Crippen molar-refractivity contribution in [2.24, 2.45) is 5.92 Å². The summed E-state index contributed by atoms with van der Waals surface area (Å²) in [7, 11) is 0. The van der Waals surface area contributed by atoms with E-state index >= 15 is 0 Å². The van der Waals surface area contributed by atoms with E-state index in [0.717, 1.165) is 12.8 Å². The van der Waals surface area contributed by atoms with Gasteiger partial charge in [-0.05, 0) is 31.7 Å².